The van der Waals surface area contributed by atoms with Crippen molar-refractivity contribution in [2.24, 2.45) is 13.0 Å². The predicted octanol–water partition coefficient (Wildman–Crippen LogP) is 2.08. The summed E-state index contributed by atoms with van der Waals surface area (Å²) in [4.78, 5) is 12.9. The van der Waals surface area contributed by atoms with Crippen molar-refractivity contribution in [3.8, 4) is 0 Å². The van der Waals surface area contributed by atoms with Gasteiger partial charge in [-0.1, -0.05) is 17.7 Å². The quantitative estimate of drug-likeness (QED) is 0.885. The SMILES string of the molecule is Cc1ccc(S(=O)(=O)N2CCC[C@H](C(=O)Nc3cc(C)nn3C)C2)cc1. The molecule has 1 amide bonds. The number of hydrogen-bond donors (Lipinski definition) is 1. The van der Waals surface area contributed by atoms with E-state index in [1.54, 1.807) is 42.1 Å². The molecule has 1 N–H and O–H groups in total. The van der Waals surface area contributed by atoms with Gasteiger partial charge in [0.2, 0.25) is 15.9 Å². The lowest BCUT2D eigenvalue weighted by Gasteiger charge is -2.31. The van der Waals surface area contributed by atoms with E-state index in [-0.39, 0.29) is 23.3 Å². The topological polar surface area (TPSA) is 84.3 Å². The normalized spacial score (nSPS) is 18.7. The van der Waals surface area contributed by atoms with Crippen molar-refractivity contribution >= 4 is 21.7 Å². The highest BCUT2D eigenvalue weighted by atomic mass is 32.2. The number of amides is 1. The number of carbonyl (C=O) groups is 1. The lowest BCUT2D eigenvalue weighted by Crippen LogP contribution is -2.43. The number of piperidine rings is 1. The van der Waals surface area contributed by atoms with E-state index in [9.17, 15) is 13.2 Å². The Bertz CT molecular complexity index is 903. The lowest BCUT2D eigenvalue weighted by molar-refractivity contribution is -0.120. The lowest BCUT2D eigenvalue weighted by atomic mass is 9.99. The van der Waals surface area contributed by atoms with E-state index in [0.29, 0.717) is 25.2 Å². The monoisotopic (exact) mass is 376 g/mol. The number of rotatable bonds is 4. The van der Waals surface area contributed by atoms with E-state index in [0.717, 1.165) is 11.3 Å². The van der Waals surface area contributed by atoms with Gasteiger partial charge in [0.15, 0.2) is 0 Å². The molecule has 8 heteroatoms. The number of benzene rings is 1. The van der Waals surface area contributed by atoms with E-state index in [4.69, 9.17) is 0 Å². The number of aromatic nitrogens is 2. The minimum atomic E-state index is -3.59. The molecule has 0 unspecified atom stereocenters. The Morgan fingerprint density at radius 2 is 1.92 bits per heavy atom. The number of anilines is 1. The van der Waals surface area contributed by atoms with Crippen LogP contribution in [0.3, 0.4) is 0 Å². The molecule has 1 atom stereocenters. The Hall–Kier alpha value is -2.19. The summed E-state index contributed by atoms with van der Waals surface area (Å²) in [6.07, 6.45) is 1.33. The fourth-order valence-electron chi connectivity index (χ4n) is 3.19. The molecule has 1 saturated heterocycles. The number of sulfonamides is 1. The standard InChI is InChI=1S/C18H24N4O3S/c1-13-6-8-16(9-7-13)26(24,25)22-10-4-5-15(12-22)18(23)19-17-11-14(2)20-21(17)3/h6-9,11,15H,4-5,10,12H2,1-3H3,(H,19,23)/t15-/m0/s1. The molecule has 2 aromatic rings. The van der Waals surface area contributed by atoms with Crippen LogP contribution in [-0.2, 0) is 21.9 Å². The fraction of sp³-hybridized carbons (Fsp3) is 0.444. The number of nitrogens with zero attached hydrogens (tertiary/aromatic N) is 3. The summed E-state index contributed by atoms with van der Waals surface area (Å²) in [5, 5.41) is 7.07. The van der Waals surface area contributed by atoms with Gasteiger partial charge in [-0.2, -0.15) is 9.40 Å². The number of hydrogen-bond acceptors (Lipinski definition) is 4. The van der Waals surface area contributed by atoms with Crippen LogP contribution in [0.15, 0.2) is 35.2 Å². The van der Waals surface area contributed by atoms with Gasteiger partial charge in [0.05, 0.1) is 16.5 Å². The smallest absolute Gasteiger partial charge is 0.243 e. The van der Waals surface area contributed by atoms with Crippen LogP contribution >= 0.6 is 0 Å². The van der Waals surface area contributed by atoms with Crippen LogP contribution in [-0.4, -0.2) is 41.5 Å². The molecule has 3 rings (SSSR count). The summed E-state index contributed by atoms with van der Waals surface area (Å²) < 4.78 is 28.7. The van der Waals surface area contributed by atoms with Crippen LogP contribution in [0.25, 0.3) is 0 Å². The Morgan fingerprint density at radius 1 is 1.23 bits per heavy atom. The molecule has 7 nitrogen and oxygen atoms in total. The first-order valence-electron chi connectivity index (χ1n) is 8.65. The van der Waals surface area contributed by atoms with Gasteiger partial charge in [-0.3, -0.25) is 9.48 Å². The van der Waals surface area contributed by atoms with Crippen LogP contribution in [0.4, 0.5) is 5.82 Å². The molecule has 1 aromatic carbocycles. The molecule has 0 spiro atoms. The molecule has 0 radical (unpaired) electrons. The Balaban J connectivity index is 1.73. The van der Waals surface area contributed by atoms with Crippen LogP contribution < -0.4 is 5.32 Å². The van der Waals surface area contributed by atoms with Crippen molar-refractivity contribution in [1.82, 2.24) is 14.1 Å². The maximum Gasteiger partial charge on any atom is 0.243 e. The summed E-state index contributed by atoms with van der Waals surface area (Å²) in [6, 6.07) is 8.60. The molecule has 140 valence electrons. The molecular formula is C18H24N4O3S. The van der Waals surface area contributed by atoms with Crippen molar-refractivity contribution in [3.05, 3.63) is 41.6 Å². The fourth-order valence-corrected chi connectivity index (χ4v) is 4.71. The first-order chi connectivity index (χ1) is 12.3. The summed E-state index contributed by atoms with van der Waals surface area (Å²) >= 11 is 0. The van der Waals surface area contributed by atoms with Gasteiger partial charge in [-0.05, 0) is 38.8 Å². The van der Waals surface area contributed by atoms with Gasteiger partial charge < -0.3 is 5.32 Å². The molecular weight excluding hydrogens is 352 g/mol. The molecule has 1 aliphatic heterocycles. The highest BCUT2D eigenvalue weighted by Gasteiger charge is 2.33. The third-order valence-electron chi connectivity index (χ3n) is 4.67. The van der Waals surface area contributed by atoms with Crippen molar-refractivity contribution in [3.63, 3.8) is 0 Å². The summed E-state index contributed by atoms with van der Waals surface area (Å²) in [5.74, 6) is 0.0713. The van der Waals surface area contributed by atoms with Gasteiger partial charge in [0, 0.05) is 26.2 Å². The molecule has 26 heavy (non-hydrogen) atoms. The largest absolute Gasteiger partial charge is 0.311 e. The van der Waals surface area contributed by atoms with Gasteiger partial charge in [-0.25, -0.2) is 8.42 Å². The number of nitrogens with one attached hydrogen (secondary N) is 1. The molecule has 0 bridgehead atoms. The summed E-state index contributed by atoms with van der Waals surface area (Å²) in [7, 11) is -1.82. The Labute approximate surface area is 154 Å². The highest BCUT2D eigenvalue weighted by Crippen LogP contribution is 2.25. The van der Waals surface area contributed by atoms with E-state index in [2.05, 4.69) is 10.4 Å². The van der Waals surface area contributed by atoms with Crippen molar-refractivity contribution in [2.75, 3.05) is 18.4 Å². The second kappa shape index (κ2) is 7.20. The molecule has 1 aliphatic rings. The Morgan fingerprint density at radius 3 is 2.54 bits per heavy atom. The van der Waals surface area contributed by atoms with Crippen LogP contribution in [0, 0.1) is 19.8 Å². The second-order valence-corrected chi connectivity index (χ2v) is 8.74. The zero-order valence-corrected chi connectivity index (χ0v) is 16.1. The molecule has 0 aliphatic carbocycles. The molecule has 1 aromatic heterocycles. The van der Waals surface area contributed by atoms with Crippen molar-refractivity contribution in [2.45, 2.75) is 31.6 Å². The maximum atomic E-state index is 12.9. The van der Waals surface area contributed by atoms with E-state index >= 15 is 0 Å². The van der Waals surface area contributed by atoms with Crippen molar-refractivity contribution < 1.29 is 13.2 Å². The minimum absolute atomic E-state index is 0.170. The number of carbonyl (C=O) groups excluding carboxylic acids is 1. The Kier molecular flexibility index (Phi) is 5.15. The summed E-state index contributed by atoms with van der Waals surface area (Å²) in [5.41, 5.74) is 1.82. The molecule has 1 fully saturated rings. The molecule has 2 heterocycles. The van der Waals surface area contributed by atoms with E-state index < -0.39 is 10.0 Å². The maximum absolute atomic E-state index is 12.9. The van der Waals surface area contributed by atoms with Gasteiger partial charge in [0.1, 0.15) is 5.82 Å². The predicted molar refractivity (Wildman–Crippen MR) is 99.2 cm³/mol. The van der Waals surface area contributed by atoms with Crippen LogP contribution in [0.2, 0.25) is 0 Å². The van der Waals surface area contributed by atoms with Gasteiger partial charge in [0.25, 0.3) is 0 Å². The van der Waals surface area contributed by atoms with Gasteiger partial charge in [-0.15, -0.1) is 0 Å². The number of aryl methyl sites for hydroxylation is 3. The van der Waals surface area contributed by atoms with E-state index in [1.165, 1.54) is 4.31 Å². The average molecular weight is 376 g/mol. The first kappa shape index (κ1) is 18.6. The highest BCUT2D eigenvalue weighted by molar-refractivity contribution is 7.89. The van der Waals surface area contributed by atoms with Gasteiger partial charge >= 0.3 is 0 Å². The summed E-state index contributed by atoms with van der Waals surface area (Å²) in [6.45, 7) is 4.40. The molecule has 0 saturated carbocycles. The third-order valence-corrected chi connectivity index (χ3v) is 6.55. The van der Waals surface area contributed by atoms with Crippen molar-refractivity contribution in [1.29, 1.82) is 0 Å². The average Bonchev–Trinajstić information content (AvgIpc) is 2.92. The minimum Gasteiger partial charge on any atom is -0.311 e. The second-order valence-electron chi connectivity index (χ2n) is 6.80. The zero-order valence-electron chi connectivity index (χ0n) is 15.3. The zero-order chi connectivity index (χ0) is 18.9. The van der Waals surface area contributed by atoms with Crippen LogP contribution in [0.5, 0.6) is 0 Å². The van der Waals surface area contributed by atoms with Crippen LogP contribution in [0.1, 0.15) is 24.1 Å². The van der Waals surface area contributed by atoms with E-state index in [1.807, 2.05) is 13.8 Å². The first-order valence-corrected chi connectivity index (χ1v) is 10.1. The third kappa shape index (κ3) is 3.81.